The van der Waals surface area contributed by atoms with Crippen LogP contribution in [-0.4, -0.2) is 10.9 Å². The maximum Gasteiger partial charge on any atom is 0.0570 e. The third-order valence-corrected chi connectivity index (χ3v) is 1.75. The highest BCUT2D eigenvalue weighted by Gasteiger charge is 1.97. The minimum atomic E-state index is 0.945. The molecule has 2 heteroatoms. The van der Waals surface area contributed by atoms with E-state index in [0.29, 0.717) is 0 Å². The molecule has 0 fully saturated rings. The zero-order valence-corrected chi connectivity index (χ0v) is 7.64. The van der Waals surface area contributed by atoms with Crippen LogP contribution in [0.5, 0.6) is 0 Å². The maximum absolute atomic E-state index is 8.54. The Balaban J connectivity index is 3.37. The van der Waals surface area contributed by atoms with Crippen LogP contribution in [0, 0.1) is 0 Å². The van der Waals surface area contributed by atoms with Gasteiger partial charge in [-0.1, -0.05) is 38.3 Å². The highest BCUT2D eigenvalue weighted by Crippen LogP contribution is 2.04. The van der Waals surface area contributed by atoms with Crippen LogP contribution in [-0.2, 0) is 0 Å². The molecule has 0 atom stereocenters. The van der Waals surface area contributed by atoms with Crippen molar-refractivity contribution in [3.63, 3.8) is 0 Å². The molecule has 2 nitrogen and oxygen atoms in total. The van der Waals surface area contributed by atoms with Crippen molar-refractivity contribution in [1.82, 2.24) is 0 Å². The van der Waals surface area contributed by atoms with Crippen molar-refractivity contribution >= 4 is 5.71 Å². The SMILES string of the molecule is CCCCC/C(CCC)=N\O. The van der Waals surface area contributed by atoms with Gasteiger partial charge in [-0.3, -0.25) is 0 Å². The summed E-state index contributed by atoms with van der Waals surface area (Å²) in [6, 6.07) is 0. The third kappa shape index (κ3) is 5.89. The van der Waals surface area contributed by atoms with Crippen LogP contribution in [0.2, 0.25) is 0 Å². The van der Waals surface area contributed by atoms with Crippen molar-refractivity contribution in [1.29, 1.82) is 0 Å². The second-order valence-corrected chi connectivity index (χ2v) is 2.87. The third-order valence-electron chi connectivity index (χ3n) is 1.75. The molecule has 0 aliphatic carbocycles. The molecule has 0 aliphatic rings. The quantitative estimate of drug-likeness (QED) is 0.273. The number of oxime groups is 1. The fourth-order valence-corrected chi connectivity index (χ4v) is 1.09. The highest BCUT2D eigenvalue weighted by atomic mass is 16.4. The molecule has 1 N–H and O–H groups in total. The van der Waals surface area contributed by atoms with Crippen molar-refractivity contribution in [3.05, 3.63) is 0 Å². The van der Waals surface area contributed by atoms with Crippen LogP contribution in [0.1, 0.15) is 52.4 Å². The summed E-state index contributed by atoms with van der Waals surface area (Å²) in [6.45, 7) is 4.28. The van der Waals surface area contributed by atoms with Crippen LogP contribution < -0.4 is 0 Å². The molecule has 0 saturated heterocycles. The van der Waals surface area contributed by atoms with Gasteiger partial charge in [0.25, 0.3) is 0 Å². The second kappa shape index (κ2) is 7.58. The van der Waals surface area contributed by atoms with Crippen molar-refractivity contribution < 1.29 is 5.21 Å². The van der Waals surface area contributed by atoms with E-state index in [-0.39, 0.29) is 0 Å². The minimum absolute atomic E-state index is 0.945. The normalized spacial score (nSPS) is 12.0. The van der Waals surface area contributed by atoms with Crippen LogP contribution >= 0.6 is 0 Å². The van der Waals surface area contributed by atoms with Crippen molar-refractivity contribution in [2.24, 2.45) is 5.16 Å². The molecular weight excluding hydrogens is 138 g/mol. The lowest BCUT2D eigenvalue weighted by Crippen LogP contribution is -1.97. The molecule has 66 valence electrons. The van der Waals surface area contributed by atoms with Gasteiger partial charge < -0.3 is 5.21 Å². The highest BCUT2D eigenvalue weighted by molar-refractivity contribution is 5.83. The average Bonchev–Trinajstić information content (AvgIpc) is 2.03. The van der Waals surface area contributed by atoms with Gasteiger partial charge in [-0.15, -0.1) is 0 Å². The van der Waals surface area contributed by atoms with Gasteiger partial charge in [-0.05, 0) is 19.3 Å². The molecule has 0 aliphatic heterocycles. The predicted octanol–water partition coefficient (Wildman–Crippen LogP) is 3.20. The Morgan fingerprint density at radius 3 is 2.27 bits per heavy atom. The van der Waals surface area contributed by atoms with E-state index in [1.807, 2.05) is 0 Å². The number of nitrogens with zero attached hydrogens (tertiary/aromatic N) is 1. The van der Waals surface area contributed by atoms with Gasteiger partial charge in [0.05, 0.1) is 5.71 Å². The molecule has 0 bridgehead atoms. The largest absolute Gasteiger partial charge is 0.411 e. The van der Waals surface area contributed by atoms with Crippen LogP contribution in [0.15, 0.2) is 5.16 Å². The van der Waals surface area contributed by atoms with Crippen molar-refractivity contribution in [3.8, 4) is 0 Å². The molecule has 0 rings (SSSR count). The van der Waals surface area contributed by atoms with Gasteiger partial charge in [0.1, 0.15) is 0 Å². The Labute approximate surface area is 69.3 Å². The smallest absolute Gasteiger partial charge is 0.0570 e. The zero-order chi connectivity index (χ0) is 8.53. The van der Waals surface area contributed by atoms with E-state index in [1.54, 1.807) is 0 Å². The van der Waals surface area contributed by atoms with Gasteiger partial charge in [-0.25, -0.2) is 0 Å². The first kappa shape index (κ1) is 10.5. The molecule has 0 heterocycles. The average molecular weight is 157 g/mol. The predicted molar refractivity (Wildman–Crippen MR) is 48.3 cm³/mol. The molecule has 0 aromatic rings. The van der Waals surface area contributed by atoms with Gasteiger partial charge in [0, 0.05) is 0 Å². The number of hydrogen-bond acceptors (Lipinski definition) is 2. The number of rotatable bonds is 6. The Bertz CT molecular complexity index is 110. The van der Waals surface area contributed by atoms with E-state index in [1.165, 1.54) is 12.8 Å². The minimum Gasteiger partial charge on any atom is -0.411 e. The van der Waals surface area contributed by atoms with Gasteiger partial charge in [-0.2, -0.15) is 0 Å². The van der Waals surface area contributed by atoms with Crippen molar-refractivity contribution in [2.75, 3.05) is 0 Å². The summed E-state index contributed by atoms with van der Waals surface area (Å²) in [5.41, 5.74) is 0.959. The fraction of sp³-hybridized carbons (Fsp3) is 0.889. The van der Waals surface area contributed by atoms with E-state index < -0.39 is 0 Å². The monoisotopic (exact) mass is 157 g/mol. The topological polar surface area (TPSA) is 32.6 Å². The molecule has 11 heavy (non-hydrogen) atoms. The number of hydrogen-bond donors (Lipinski definition) is 1. The van der Waals surface area contributed by atoms with Gasteiger partial charge in [0.15, 0.2) is 0 Å². The Kier molecular flexibility index (Phi) is 7.21. The fourth-order valence-electron chi connectivity index (χ4n) is 1.09. The van der Waals surface area contributed by atoms with Crippen LogP contribution in [0.25, 0.3) is 0 Å². The van der Waals surface area contributed by atoms with E-state index >= 15 is 0 Å². The Hall–Kier alpha value is -0.530. The second-order valence-electron chi connectivity index (χ2n) is 2.87. The lowest BCUT2D eigenvalue weighted by Gasteiger charge is -2.00. The van der Waals surface area contributed by atoms with Crippen LogP contribution in [0.3, 0.4) is 0 Å². The van der Waals surface area contributed by atoms with Gasteiger partial charge in [0.2, 0.25) is 0 Å². The number of unbranched alkanes of at least 4 members (excludes halogenated alkanes) is 2. The Morgan fingerprint density at radius 2 is 1.82 bits per heavy atom. The van der Waals surface area contributed by atoms with Gasteiger partial charge >= 0.3 is 0 Å². The lowest BCUT2D eigenvalue weighted by atomic mass is 10.1. The molecule has 0 spiro atoms. The molecule has 0 saturated carbocycles. The first-order valence-corrected chi connectivity index (χ1v) is 4.54. The van der Waals surface area contributed by atoms with E-state index in [2.05, 4.69) is 19.0 Å². The summed E-state index contributed by atoms with van der Waals surface area (Å²) in [7, 11) is 0. The standard InChI is InChI=1S/C9H19NO/c1-3-5-6-8-9(10-11)7-4-2/h11H,3-8H2,1-2H3/b10-9-. The maximum atomic E-state index is 8.54. The zero-order valence-electron chi connectivity index (χ0n) is 7.64. The lowest BCUT2D eigenvalue weighted by molar-refractivity contribution is 0.315. The molecular formula is C9H19NO. The molecule has 0 amide bonds. The van der Waals surface area contributed by atoms with Crippen LogP contribution in [0.4, 0.5) is 0 Å². The van der Waals surface area contributed by atoms with Crippen molar-refractivity contribution in [2.45, 2.75) is 52.4 Å². The first-order chi connectivity index (χ1) is 5.35. The first-order valence-electron chi connectivity index (χ1n) is 4.54. The summed E-state index contributed by atoms with van der Waals surface area (Å²) in [4.78, 5) is 0. The summed E-state index contributed by atoms with van der Waals surface area (Å²) < 4.78 is 0. The van der Waals surface area contributed by atoms with E-state index in [4.69, 9.17) is 5.21 Å². The molecule has 0 unspecified atom stereocenters. The summed E-state index contributed by atoms with van der Waals surface area (Å²) in [5.74, 6) is 0. The van der Waals surface area contributed by atoms with E-state index in [0.717, 1.165) is 31.4 Å². The molecule has 0 radical (unpaired) electrons. The van der Waals surface area contributed by atoms with E-state index in [9.17, 15) is 0 Å². The Morgan fingerprint density at radius 1 is 1.09 bits per heavy atom. The molecule has 0 aromatic heterocycles. The summed E-state index contributed by atoms with van der Waals surface area (Å²) >= 11 is 0. The summed E-state index contributed by atoms with van der Waals surface area (Å²) in [5, 5.41) is 11.8. The summed E-state index contributed by atoms with van der Waals surface area (Å²) in [6.07, 6.45) is 6.62. The molecule has 0 aromatic carbocycles.